The average Bonchev–Trinajstić information content (AvgIpc) is 3.25. The van der Waals surface area contributed by atoms with Crippen LogP contribution in [0.1, 0.15) is 133 Å². The van der Waals surface area contributed by atoms with Crippen LogP contribution in [0.5, 0.6) is 0 Å². The van der Waals surface area contributed by atoms with Gasteiger partial charge in [0.15, 0.2) is 0 Å². The van der Waals surface area contributed by atoms with Gasteiger partial charge in [0.05, 0.1) is 0 Å². The van der Waals surface area contributed by atoms with Crippen LogP contribution in [-0.2, 0) is 40.1 Å². The zero-order valence-electron chi connectivity index (χ0n) is 26.9. The number of nitrogens with zero attached hydrogens (tertiary/aromatic N) is 2. The van der Waals surface area contributed by atoms with Crippen LogP contribution in [-0.4, -0.2) is 4.70 Å². The normalized spacial score (nSPS) is 13.3. The number of allylic oxidation sites excluding steroid dienone is 2. The molecule has 1 heterocycles. The van der Waals surface area contributed by atoms with E-state index in [4.69, 9.17) is 0 Å². The first-order valence-corrected chi connectivity index (χ1v) is 17.8. The molecule has 0 saturated carbocycles. The molecule has 0 fully saturated rings. The van der Waals surface area contributed by atoms with Crippen LogP contribution in [0, 0.1) is 0 Å². The van der Waals surface area contributed by atoms with Gasteiger partial charge < -0.3 is 5.53 Å². The number of benzene rings is 2. The molecule has 2 aromatic carbocycles. The van der Waals surface area contributed by atoms with E-state index in [2.05, 4.69) is 89.7 Å². The fraction of sp³-hybridized carbons (Fsp3) is 0.568. The first-order chi connectivity index (χ1) is 19.4. The molecule has 0 aliphatic carbocycles. The van der Waals surface area contributed by atoms with Gasteiger partial charge in [0.25, 0.3) is 0 Å². The predicted molar refractivity (Wildman–Crippen MR) is 172 cm³/mol. The third-order valence-electron chi connectivity index (χ3n) is 7.96. The van der Waals surface area contributed by atoms with Crippen LogP contribution in [0.4, 0.5) is 0 Å². The van der Waals surface area contributed by atoms with Gasteiger partial charge in [-0.25, -0.2) is 4.70 Å². The van der Waals surface area contributed by atoms with Crippen molar-refractivity contribution < 1.29 is 19.1 Å². The van der Waals surface area contributed by atoms with Crippen LogP contribution in [0.15, 0.2) is 47.5 Å². The molecule has 1 aliphatic heterocycles. The van der Waals surface area contributed by atoms with Gasteiger partial charge in [-0.3, -0.25) is 0 Å². The minimum atomic E-state index is 1.01. The molecule has 2 aromatic rings. The van der Waals surface area contributed by atoms with E-state index in [0.717, 1.165) is 56.3 Å². The van der Waals surface area contributed by atoms with Crippen LogP contribution < -0.4 is 0 Å². The molecule has 0 bridgehead atoms. The minimum absolute atomic E-state index is 1.01. The van der Waals surface area contributed by atoms with Gasteiger partial charge in [-0.05, 0) is 97.9 Å². The Hall–Kier alpha value is -1.99. The van der Waals surface area contributed by atoms with E-state index >= 15 is 0 Å². The SMILES string of the molecule is CCCCCCC1=C(c2cc(CC)cc(CC)c2)[N+](=[N-])C(c2cc(CC)cc(CC)c2)=C1CCCCC.[CH3][Ni][CH3]. The predicted octanol–water partition coefficient (Wildman–Crippen LogP) is 11.8. The van der Waals surface area contributed by atoms with E-state index in [1.54, 1.807) is 19.1 Å². The second-order valence-corrected chi connectivity index (χ2v) is 12.0. The van der Waals surface area contributed by atoms with Crippen LogP contribution in [0.25, 0.3) is 16.9 Å². The van der Waals surface area contributed by atoms with E-state index in [9.17, 15) is 5.53 Å². The topological polar surface area (TPSA) is 25.3 Å². The molecule has 0 amide bonds. The van der Waals surface area contributed by atoms with Gasteiger partial charge >= 0.3 is 26.2 Å². The number of hydrogen-bond donors (Lipinski definition) is 0. The van der Waals surface area contributed by atoms with Crippen LogP contribution >= 0.6 is 0 Å². The van der Waals surface area contributed by atoms with Crippen LogP contribution in [0.3, 0.4) is 0 Å². The van der Waals surface area contributed by atoms with Crippen molar-refractivity contribution in [1.29, 1.82) is 0 Å². The van der Waals surface area contributed by atoms with E-state index < -0.39 is 0 Å². The fourth-order valence-corrected chi connectivity index (χ4v) is 5.68. The Morgan fingerprint density at radius 3 is 1.18 bits per heavy atom. The van der Waals surface area contributed by atoms with Crippen molar-refractivity contribution in [2.24, 2.45) is 0 Å². The summed E-state index contributed by atoms with van der Waals surface area (Å²) in [5.74, 6) is 4.12. The Balaban J connectivity index is 0.00000178. The second-order valence-electron chi connectivity index (χ2n) is 11.0. The second kappa shape index (κ2) is 18.4. The maximum atomic E-state index is 12.0. The van der Waals surface area contributed by atoms with Gasteiger partial charge in [-0.1, -0.05) is 85.8 Å². The van der Waals surface area contributed by atoms with Crippen LogP contribution in [0.2, 0.25) is 11.8 Å². The molecule has 0 aromatic heterocycles. The maximum absolute atomic E-state index is 12.0. The molecule has 0 unspecified atom stereocenters. The molecule has 0 atom stereocenters. The molecule has 3 rings (SSSR count). The zero-order chi connectivity index (χ0) is 29.5. The summed E-state index contributed by atoms with van der Waals surface area (Å²) in [5, 5.41) is 0. The molecule has 3 heteroatoms. The van der Waals surface area contributed by atoms with Gasteiger partial charge in [0.2, 0.25) is 11.4 Å². The zero-order valence-corrected chi connectivity index (χ0v) is 27.9. The molecular weight excluding hydrogens is 531 g/mol. The molecule has 0 spiro atoms. The Kier molecular flexibility index (Phi) is 15.8. The molecule has 224 valence electrons. The van der Waals surface area contributed by atoms with Crippen molar-refractivity contribution in [3.8, 4) is 0 Å². The quantitative estimate of drug-likeness (QED) is 0.113. The number of hydrogen-bond acceptors (Lipinski definition) is 0. The van der Waals surface area contributed by atoms with Gasteiger partial charge in [0.1, 0.15) is 0 Å². The third kappa shape index (κ3) is 9.27. The Bertz CT molecular complexity index is 1110. The van der Waals surface area contributed by atoms with Crippen molar-refractivity contribution in [1.82, 2.24) is 0 Å². The molecular formula is C37H56N2Ni. The Morgan fingerprint density at radius 1 is 0.525 bits per heavy atom. The summed E-state index contributed by atoms with van der Waals surface area (Å²) >= 11 is 1.62. The summed E-state index contributed by atoms with van der Waals surface area (Å²) in [5.41, 5.74) is 24.6. The molecule has 1 aliphatic rings. The Morgan fingerprint density at radius 2 is 0.850 bits per heavy atom. The van der Waals surface area contributed by atoms with Crippen molar-refractivity contribution >= 4 is 11.4 Å². The molecule has 2 nitrogen and oxygen atoms in total. The Labute approximate surface area is 253 Å². The van der Waals surface area contributed by atoms with Gasteiger partial charge in [-0.15, -0.1) is 0 Å². The summed E-state index contributed by atoms with van der Waals surface area (Å²) in [6.45, 7) is 13.5. The fourth-order valence-electron chi connectivity index (χ4n) is 5.68. The van der Waals surface area contributed by atoms with E-state index in [1.165, 1.54) is 83.1 Å². The molecule has 40 heavy (non-hydrogen) atoms. The van der Waals surface area contributed by atoms with Crippen molar-refractivity contribution in [3.05, 3.63) is 86.5 Å². The van der Waals surface area contributed by atoms with Crippen molar-refractivity contribution in [3.63, 3.8) is 0 Å². The summed E-state index contributed by atoms with van der Waals surface area (Å²) in [6, 6.07) is 13.9. The summed E-state index contributed by atoms with van der Waals surface area (Å²) in [7, 11) is 0. The van der Waals surface area contributed by atoms with E-state index in [-0.39, 0.29) is 0 Å². The first-order valence-electron chi connectivity index (χ1n) is 15.9. The number of aryl methyl sites for hydroxylation is 4. The average molecular weight is 588 g/mol. The van der Waals surface area contributed by atoms with Crippen molar-refractivity contribution in [2.75, 3.05) is 0 Å². The van der Waals surface area contributed by atoms with E-state index in [0.29, 0.717) is 0 Å². The molecule has 0 N–H and O–H groups in total. The molecule has 0 radical (unpaired) electrons. The summed E-state index contributed by atoms with van der Waals surface area (Å²) < 4.78 is 1.58. The summed E-state index contributed by atoms with van der Waals surface area (Å²) in [4.78, 5) is 0. The first kappa shape index (κ1) is 34.2. The standard InChI is InChI=1S/C35H50N2.2CH3.Ni/c1-7-13-15-17-19-33-32(18-16-14-8-2)34(30-22-26(9-3)20-27(10-4)23-30)37(36)35(33)31-24-28(11-5)21-29(12-6)25-31;;;/h20-25H,7-19H2,1-6H3;2*1H3;. The number of unbranched alkanes of at least 4 members (excludes halogenated alkanes) is 5. The monoisotopic (exact) mass is 586 g/mol. The summed E-state index contributed by atoms with van der Waals surface area (Å²) in [6.07, 6.45) is 14.6. The number of rotatable bonds is 15. The van der Waals surface area contributed by atoms with Gasteiger partial charge in [0, 0.05) is 22.3 Å². The third-order valence-corrected chi connectivity index (χ3v) is 7.96. The molecule has 0 saturated heterocycles. The van der Waals surface area contributed by atoms with E-state index in [1.807, 2.05) is 0 Å². The van der Waals surface area contributed by atoms with Gasteiger partial charge in [-0.2, -0.15) is 0 Å². The van der Waals surface area contributed by atoms with Crippen molar-refractivity contribution in [2.45, 2.75) is 137 Å².